The molecule has 0 spiro atoms. The molecule has 0 heterocycles. The molecule has 0 bridgehead atoms. The number of nitrogens with one attached hydrogen (secondary N) is 1. The number of aliphatic carboxylic acids is 1. The second kappa shape index (κ2) is 7.22. The van der Waals surface area contributed by atoms with Gasteiger partial charge in [0.1, 0.15) is 6.04 Å². The van der Waals surface area contributed by atoms with E-state index in [1.165, 1.54) is 0 Å². The van der Waals surface area contributed by atoms with Gasteiger partial charge in [-0.1, -0.05) is 59.5 Å². The summed E-state index contributed by atoms with van der Waals surface area (Å²) in [5.74, 6) is 1.44. The first kappa shape index (κ1) is 16.2. The summed E-state index contributed by atoms with van der Waals surface area (Å²) < 4.78 is 0. The molecular weight excluding hydrogens is 321 g/mol. The third kappa shape index (κ3) is 3.94. The SMILES string of the molecule is C#Cc1c(Cl)cc(N[C@@H](Cc2ccccc2)C(=O)O)cc1Cl. The molecule has 0 aliphatic rings. The average molecular weight is 334 g/mol. The Morgan fingerprint density at radius 2 is 1.82 bits per heavy atom. The van der Waals surface area contributed by atoms with E-state index >= 15 is 0 Å². The number of halogens is 2. The Hall–Kier alpha value is -2.15. The lowest BCUT2D eigenvalue weighted by atomic mass is 10.1. The van der Waals surface area contributed by atoms with Gasteiger partial charge in [-0.15, -0.1) is 6.42 Å². The van der Waals surface area contributed by atoms with Gasteiger partial charge < -0.3 is 10.4 Å². The second-order valence-electron chi connectivity index (χ2n) is 4.68. The molecule has 0 fully saturated rings. The Bertz CT molecular complexity index is 700. The molecule has 0 radical (unpaired) electrons. The largest absolute Gasteiger partial charge is 0.480 e. The molecule has 0 aliphatic heterocycles. The molecule has 3 nitrogen and oxygen atoms in total. The molecule has 5 heteroatoms. The van der Waals surface area contributed by atoms with E-state index in [9.17, 15) is 9.90 Å². The van der Waals surface area contributed by atoms with Gasteiger partial charge >= 0.3 is 5.97 Å². The number of hydrogen-bond donors (Lipinski definition) is 2. The summed E-state index contributed by atoms with van der Waals surface area (Å²) in [6.45, 7) is 0. The third-order valence-corrected chi connectivity index (χ3v) is 3.70. The molecule has 22 heavy (non-hydrogen) atoms. The molecular formula is C17H13Cl2NO2. The lowest BCUT2D eigenvalue weighted by Crippen LogP contribution is -2.31. The smallest absolute Gasteiger partial charge is 0.326 e. The first-order valence-electron chi connectivity index (χ1n) is 6.50. The van der Waals surface area contributed by atoms with E-state index in [1.807, 2.05) is 30.3 Å². The van der Waals surface area contributed by atoms with E-state index in [2.05, 4.69) is 11.2 Å². The second-order valence-corrected chi connectivity index (χ2v) is 5.50. The number of rotatable bonds is 5. The number of carbonyl (C=O) groups is 1. The minimum Gasteiger partial charge on any atom is -0.480 e. The van der Waals surface area contributed by atoms with Crippen molar-refractivity contribution in [3.05, 3.63) is 63.6 Å². The van der Waals surface area contributed by atoms with Crippen molar-refractivity contribution in [3.8, 4) is 12.3 Å². The summed E-state index contributed by atoms with van der Waals surface area (Å²) in [6.07, 6.45) is 5.66. The number of carboxylic acids is 1. The maximum absolute atomic E-state index is 11.4. The minimum atomic E-state index is -0.961. The highest BCUT2D eigenvalue weighted by molar-refractivity contribution is 6.37. The first-order valence-corrected chi connectivity index (χ1v) is 7.25. The zero-order valence-corrected chi connectivity index (χ0v) is 13.0. The van der Waals surface area contributed by atoms with Gasteiger partial charge in [-0.2, -0.15) is 0 Å². The van der Waals surface area contributed by atoms with Crippen LogP contribution in [-0.2, 0) is 11.2 Å². The first-order chi connectivity index (χ1) is 10.5. The van der Waals surface area contributed by atoms with Crippen LogP contribution in [0.2, 0.25) is 10.0 Å². The Balaban J connectivity index is 2.22. The summed E-state index contributed by atoms with van der Waals surface area (Å²) in [6, 6.07) is 11.7. The summed E-state index contributed by atoms with van der Waals surface area (Å²) in [5.41, 5.74) is 1.82. The number of terminal acetylenes is 1. The maximum Gasteiger partial charge on any atom is 0.326 e. The van der Waals surface area contributed by atoms with Crippen molar-refractivity contribution in [1.82, 2.24) is 0 Å². The lowest BCUT2D eigenvalue weighted by molar-refractivity contribution is -0.137. The predicted molar refractivity (Wildman–Crippen MR) is 89.6 cm³/mol. The van der Waals surface area contributed by atoms with E-state index in [0.29, 0.717) is 27.7 Å². The average Bonchev–Trinajstić information content (AvgIpc) is 2.47. The number of benzene rings is 2. The third-order valence-electron chi connectivity index (χ3n) is 3.11. The van der Waals surface area contributed by atoms with Gasteiger partial charge in [0.25, 0.3) is 0 Å². The van der Waals surface area contributed by atoms with Crippen molar-refractivity contribution in [2.75, 3.05) is 5.32 Å². The van der Waals surface area contributed by atoms with Crippen LogP contribution >= 0.6 is 23.2 Å². The highest BCUT2D eigenvalue weighted by atomic mass is 35.5. The van der Waals surface area contributed by atoms with Crippen molar-refractivity contribution in [3.63, 3.8) is 0 Å². The highest BCUT2D eigenvalue weighted by Crippen LogP contribution is 2.28. The molecule has 112 valence electrons. The molecule has 0 unspecified atom stereocenters. The molecule has 0 aromatic heterocycles. The standard InChI is InChI=1S/C17H13Cl2NO2/c1-2-13-14(18)9-12(10-15(13)19)20-16(17(21)22)8-11-6-4-3-5-7-11/h1,3-7,9-10,16,20H,8H2,(H,21,22)/t16-/m0/s1. The molecule has 1 atom stereocenters. The number of hydrogen-bond acceptors (Lipinski definition) is 2. The molecule has 2 N–H and O–H groups in total. The van der Waals surface area contributed by atoms with Crippen molar-refractivity contribution in [1.29, 1.82) is 0 Å². The van der Waals surface area contributed by atoms with Gasteiger partial charge in [-0.05, 0) is 17.7 Å². The fourth-order valence-corrected chi connectivity index (χ4v) is 2.64. The normalized spacial score (nSPS) is 11.5. The Morgan fingerprint density at radius 1 is 1.23 bits per heavy atom. The van der Waals surface area contributed by atoms with Gasteiger partial charge in [-0.25, -0.2) is 4.79 Å². The van der Waals surface area contributed by atoms with Crippen LogP contribution in [0.25, 0.3) is 0 Å². The molecule has 0 aliphatic carbocycles. The summed E-state index contributed by atoms with van der Waals surface area (Å²) in [5, 5.41) is 12.9. The number of anilines is 1. The van der Waals surface area contributed by atoms with Crippen molar-refractivity contribution >= 4 is 34.9 Å². The quantitative estimate of drug-likeness (QED) is 0.810. The lowest BCUT2D eigenvalue weighted by Gasteiger charge is -2.17. The Labute approximate surface area is 138 Å². The van der Waals surface area contributed by atoms with E-state index < -0.39 is 12.0 Å². The van der Waals surface area contributed by atoms with Crippen LogP contribution in [0.15, 0.2) is 42.5 Å². The van der Waals surface area contributed by atoms with Crippen LogP contribution in [0.1, 0.15) is 11.1 Å². The van der Waals surface area contributed by atoms with Crippen molar-refractivity contribution in [2.45, 2.75) is 12.5 Å². The van der Waals surface area contributed by atoms with Crippen LogP contribution in [-0.4, -0.2) is 17.1 Å². The van der Waals surface area contributed by atoms with Crippen LogP contribution in [0, 0.1) is 12.3 Å². The van der Waals surface area contributed by atoms with Gasteiger partial charge in [0.05, 0.1) is 15.6 Å². The van der Waals surface area contributed by atoms with E-state index in [-0.39, 0.29) is 0 Å². The fourth-order valence-electron chi connectivity index (χ4n) is 2.05. The van der Waals surface area contributed by atoms with E-state index in [4.69, 9.17) is 29.6 Å². The molecule has 0 saturated heterocycles. The van der Waals surface area contributed by atoms with Crippen molar-refractivity contribution < 1.29 is 9.90 Å². The van der Waals surface area contributed by atoms with Crippen LogP contribution < -0.4 is 5.32 Å². The summed E-state index contributed by atoms with van der Waals surface area (Å²) in [7, 11) is 0. The van der Waals surface area contributed by atoms with Crippen LogP contribution in [0.3, 0.4) is 0 Å². The monoisotopic (exact) mass is 333 g/mol. The Kier molecular flexibility index (Phi) is 5.32. The van der Waals surface area contributed by atoms with Crippen LogP contribution in [0.4, 0.5) is 5.69 Å². The van der Waals surface area contributed by atoms with Gasteiger partial charge in [-0.3, -0.25) is 0 Å². The zero-order valence-electron chi connectivity index (χ0n) is 11.5. The summed E-state index contributed by atoms with van der Waals surface area (Å²) >= 11 is 12.1. The number of carboxylic acid groups (broad SMARTS) is 1. The summed E-state index contributed by atoms with van der Waals surface area (Å²) in [4.78, 5) is 11.4. The topological polar surface area (TPSA) is 49.3 Å². The maximum atomic E-state index is 11.4. The Morgan fingerprint density at radius 3 is 2.32 bits per heavy atom. The molecule has 0 amide bonds. The van der Waals surface area contributed by atoms with E-state index in [1.54, 1.807) is 12.1 Å². The fraction of sp³-hybridized carbons (Fsp3) is 0.118. The van der Waals surface area contributed by atoms with Gasteiger partial charge in [0.15, 0.2) is 0 Å². The predicted octanol–water partition coefficient (Wildman–Crippen LogP) is 4.08. The molecule has 2 rings (SSSR count). The molecule has 2 aromatic rings. The van der Waals surface area contributed by atoms with Gasteiger partial charge in [0.2, 0.25) is 0 Å². The van der Waals surface area contributed by atoms with Crippen molar-refractivity contribution in [2.24, 2.45) is 0 Å². The van der Waals surface area contributed by atoms with Gasteiger partial charge in [0, 0.05) is 12.1 Å². The van der Waals surface area contributed by atoms with Crippen LogP contribution in [0.5, 0.6) is 0 Å². The molecule has 0 saturated carbocycles. The minimum absolute atomic E-state index is 0.307. The molecule has 2 aromatic carbocycles. The van der Waals surface area contributed by atoms with E-state index in [0.717, 1.165) is 5.56 Å². The highest BCUT2D eigenvalue weighted by Gasteiger charge is 2.18. The zero-order chi connectivity index (χ0) is 16.1.